The minimum atomic E-state index is 0.392. The molecule has 0 spiro atoms. The van der Waals surface area contributed by atoms with Crippen molar-refractivity contribution in [3.05, 3.63) is 29.8 Å². The molecule has 0 aromatic heterocycles. The fourth-order valence-corrected chi connectivity index (χ4v) is 3.63. The maximum absolute atomic E-state index is 3.65. The number of aryl methyl sites for hydroxylation is 1. The van der Waals surface area contributed by atoms with Gasteiger partial charge in [0.05, 0.1) is 0 Å². The number of rotatable bonds is 1. The van der Waals surface area contributed by atoms with Crippen molar-refractivity contribution in [3.63, 3.8) is 0 Å². The minimum Gasteiger partial charge on any atom is -0.383 e. The van der Waals surface area contributed by atoms with Crippen LogP contribution in [0.3, 0.4) is 0 Å². The predicted octanol–water partition coefficient (Wildman–Crippen LogP) is 3.29. The van der Waals surface area contributed by atoms with Crippen molar-refractivity contribution in [3.8, 4) is 0 Å². The first kappa shape index (κ1) is 12.0. The lowest BCUT2D eigenvalue weighted by Crippen LogP contribution is -2.48. The van der Waals surface area contributed by atoms with E-state index in [2.05, 4.69) is 48.3 Å². The fraction of sp³-hybridized carbons (Fsp3) is 0.625. The first-order valence-electron chi connectivity index (χ1n) is 7.25. The third kappa shape index (κ3) is 2.14. The van der Waals surface area contributed by atoms with Crippen molar-refractivity contribution in [2.24, 2.45) is 0 Å². The van der Waals surface area contributed by atoms with E-state index in [0.717, 1.165) is 6.54 Å². The minimum absolute atomic E-state index is 0.392. The molecule has 3 rings (SSSR count). The third-order valence-electron chi connectivity index (χ3n) is 4.70. The number of anilines is 1. The molecule has 1 aromatic rings. The molecule has 18 heavy (non-hydrogen) atoms. The average Bonchev–Trinajstić information content (AvgIpc) is 2.60. The number of benzene rings is 1. The monoisotopic (exact) mass is 244 g/mol. The average molecular weight is 244 g/mol. The lowest BCUT2D eigenvalue weighted by Gasteiger charge is -2.38. The van der Waals surface area contributed by atoms with Crippen molar-refractivity contribution < 1.29 is 0 Å². The highest BCUT2D eigenvalue weighted by atomic mass is 15.2. The molecule has 0 radical (unpaired) electrons. The molecule has 0 aliphatic carbocycles. The first-order chi connectivity index (χ1) is 8.67. The van der Waals surface area contributed by atoms with Gasteiger partial charge in [-0.25, -0.2) is 0 Å². The van der Waals surface area contributed by atoms with E-state index in [1.165, 1.54) is 43.5 Å². The zero-order valence-electron chi connectivity index (χ0n) is 11.6. The number of fused-ring (bicyclic) bond motifs is 1. The van der Waals surface area contributed by atoms with E-state index in [1.807, 2.05) is 0 Å². The Labute approximate surface area is 110 Å². The zero-order chi connectivity index (χ0) is 12.6. The Morgan fingerprint density at radius 1 is 1.28 bits per heavy atom. The second-order valence-electron chi connectivity index (χ2n) is 6.34. The first-order valence-corrected chi connectivity index (χ1v) is 7.25. The van der Waals surface area contributed by atoms with Crippen LogP contribution in [-0.2, 0) is 6.42 Å². The molecular weight excluding hydrogens is 220 g/mol. The quantitative estimate of drug-likeness (QED) is 0.815. The molecule has 1 saturated heterocycles. The van der Waals surface area contributed by atoms with Crippen molar-refractivity contribution in [1.29, 1.82) is 0 Å². The van der Waals surface area contributed by atoms with E-state index >= 15 is 0 Å². The van der Waals surface area contributed by atoms with Gasteiger partial charge in [0.25, 0.3) is 0 Å². The summed E-state index contributed by atoms with van der Waals surface area (Å²) in [6, 6.07) is 9.45. The maximum atomic E-state index is 3.65. The molecule has 98 valence electrons. The predicted molar refractivity (Wildman–Crippen MR) is 77.1 cm³/mol. The Balaban J connectivity index is 1.75. The smallest absolute Gasteiger partial charge is 0.0373 e. The highest BCUT2D eigenvalue weighted by molar-refractivity contribution is 5.52. The van der Waals surface area contributed by atoms with Crippen LogP contribution >= 0.6 is 0 Å². The van der Waals surface area contributed by atoms with E-state index in [9.17, 15) is 0 Å². The maximum Gasteiger partial charge on any atom is 0.0373 e. The van der Waals surface area contributed by atoms with Gasteiger partial charge in [0, 0.05) is 23.8 Å². The van der Waals surface area contributed by atoms with Crippen LogP contribution in [-0.4, -0.2) is 29.6 Å². The lowest BCUT2D eigenvalue weighted by atomic mass is 9.98. The molecule has 0 amide bonds. The second-order valence-corrected chi connectivity index (χ2v) is 6.34. The second kappa shape index (κ2) is 4.58. The lowest BCUT2D eigenvalue weighted by molar-refractivity contribution is 0.117. The van der Waals surface area contributed by atoms with Gasteiger partial charge in [-0.15, -0.1) is 0 Å². The summed E-state index contributed by atoms with van der Waals surface area (Å²) in [4.78, 5) is 2.73. The largest absolute Gasteiger partial charge is 0.383 e. The summed E-state index contributed by atoms with van der Waals surface area (Å²) in [6.07, 6.45) is 5.20. The number of hydrogen-bond donors (Lipinski definition) is 1. The fourth-order valence-electron chi connectivity index (χ4n) is 3.63. The Bertz CT molecular complexity index is 398. The molecule has 0 bridgehead atoms. The summed E-state index contributed by atoms with van der Waals surface area (Å²) in [7, 11) is 0. The summed E-state index contributed by atoms with van der Waals surface area (Å²) in [5, 5.41) is 3.65. The standard InChI is InChI=1S/C16H24N2/c1-16(2)10-5-11-18(16)14-9-8-13-6-3-4-7-15(13)17-12-14/h3-4,6-7,14,17H,5,8-12H2,1-2H3. The number of nitrogens with zero attached hydrogens (tertiary/aromatic N) is 1. The van der Waals surface area contributed by atoms with Crippen LogP contribution in [0.2, 0.25) is 0 Å². The van der Waals surface area contributed by atoms with Gasteiger partial charge in [0.2, 0.25) is 0 Å². The van der Waals surface area contributed by atoms with Gasteiger partial charge in [-0.3, -0.25) is 4.90 Å². The molecule has 2 aliphatic heterocycles. The van der Waals surface area contributed by atoms with E-state index < -0.39 is 0 Å². The number of likely N-dealkylation sites (tertiary alicyclic amines) is 1. The van der Waals surface area contributed by atoms with Crippen molar-refractivity contribution in [2.45, 2.75) is 51.1 Å². The molecule has 1 N–H and O–H groups in total. The summed E-state index contributed by atoms with van der Waals surface area (Å²) in [5.41, 5.74) is 3.22. The topological polar surface area (TPSA) is 15.3 Å². The summed E-state index contributed by atoms with van der Waals surface area (Å²) >= 11 is 0. The zero-order valence-corrected chi connectivity index (χ0v) is 11.6. The number of para-hydroxylation sites is 1. The summed E-state index contributed by atoms with van der Waals surface area (Å²) in [6.45, 7) is 7.17. The number of hydrogen-bond acceptors (Lipinski definition) is 2. The summed E-state index contributed by atoms with van der Waals surface area (Å²) < 4.78 is 0. The normalized spacial score (nSPS) is 27.3. The number of nitrogens with one attached hydrogen (secondary N) is 1. The van der Waals surface area contributed by atoms with Crippen LogP contribution in [0.1, 0.15) is 38.7 Å². The van der Waals surface area contributed by atoms with Gasteiger partial charge in [-0.05, 0) is 57.7 Å². The Kier molecular flexibility index (Phi) is 3.06. The molecule has 0 saturated carbocycles. The Hall–Kier alpha value is -1.02. The third-order valence-corrected chi connectivity index (χ3v) is 4.70. The molecular formula is C16H24N2. The van der Waals surface area contributed by atoms with Crippen molar-refractivity contribution in [2.75, 3.05) is 18.4 Å². The Morgan fingerprint density at radius 3 is 2.89 bits per heavy atom. The van der Waals surface area contributed by atoms with E-state index in [4.69, 9.17) is 0 Å². The molecule has 2 nitrogen and oxygen atoms in total. The van der Waals surface area contributed by atoms with Crippen LogP contribution in [0.25, 0.3) is 0 Å². The Morgan fingerprint density at radius 2 is 2.11 bits per heavy atom. The molecule has 1 fully saturated rings. The van der Waals surface area contributed by atoms with Crippen LogP contribution < -0.4 is 5.32 Å². The highest BCUT2D eigenvalue weighted by Crippen LogP contribution is 2.33. The van der Waals surface area contributed by atoms with Crippen molar-refractivity contribution in [1.82, 2.24) is 4.90 Å². The van der Waals surface area contributed by atoms with Gasteiger partial charge < -0.3 is 5.32 Å². The van der Waals surface area contributed by atoms with E-state index in [0.29, 0.717) is 11.6 Å². The molecule has 2 heteroatoms. The van der Waals surface area contributed by atoms with Crippen LogP contribution in [0.15, 0.2) is 24.3 Å². The van der Waals surface area contributed by atoms with Gasteiger partial charge in [-0.1, -0.05) is 18.2 Å². The summed E-state index contributed by atoms with van der Waals surface area (Å²) in [5.74, 6) is 0. The van der Waals surface area contributed by atoms with Crippen molar-refractivity contribution >= 4 is 5.69 Å². The molecule has 1 aromatic carbocycles. The van der Waals surface area contributed by atoms with Gasteiger partial charge in [0.1, 0.15) is 0 Å². The van der Waals surface area contributed by atoms with Crippen LogP contribution in [0.4, 0.5) is 5.69 Å². The molecule has 1 unspecified atom stereocenters. The molecule has 2 heterocycles. The van der Waals surface area contributed by atoms with Gasteiger partial charge in [-0.2, -0.15) is 0 Å². The van der Waals surface area contributed by atoms with Gasteiger partial charge in [0.15, 0.2) is 0 Å². The highest BCUT2D eigenvalue weighted by Gasteiger charge is 2.36. The van der Waals surface area contributed by atoms with E-state index in [1.54, 1.807) is 0 Å². The molecule has 1 atom stereocenters. The van der Waals surface area contributed by atoms with Crippen LogP contribution in [0.5, 0.6) is 0 Å². The van der Waals surface area contributed by atoms with E-state index in [-0.39, 0.29) is 0 Å². The van der Waals surface area contributed by atoms with Gasteiger partial charge >= 0.3 is 0 Å². The molecule has 2 aliphatic rings. The van der Waals surface area contributed by atoms with Crippen LogP contribution in [0, 0.1) is 0 Å². The SMILES string of the molecule is CC1(C)CCCN1C1CCc2ccccc2NC1.